The molecule has 0 aromatic heterocycles. The van der Waals surface area contributed by atoms with Gasteiger partial charge in [-0.3, -0.25) is 0 Å². The van der Waals surface area contributed by atoms with Crippen LogP contribution in [0.25, 0.3) is 0 Å². The van der Waals surface area contributed by atoms with Crippen molar-refractivity contribution in [3.8, 4) is 11.5 Å². The molecule has 0 saturated heterocycles. The lowest BCUT2D eigenvalue weighted by Crippen LogP contribution is -2.45. The Kier molecular flexibility index (Phi) is 8.00. The summed E-state index contributed by atoms with van der Waals surface area (Å²) in [5.41, 5.74) is 2.58. The molecule has 2 N–H and O–H groups in total. The standard InChI is InChI=1S/C24H27ClN2O5/c1-4-18-21(23(28)31-6-3)22(27-24(29)26-18)16-9-12-19(20(13-16)30-5-2)32-14-15-7-10-17(25)11-8-15/h7-13,22H,4-6,14H2,1-3H3,(H2,26,27,29). The molecule has 0 saturated carbocycles. The van der Waals surface area contributed by atoms with Crippen molar-refractivity contribution in [2.24, 2.45) is 0 Å². The number of rotatable bonds is 9. The van der Waals surface area contributed by atoms with Gasteiger partial charge >= 0.3 is 12.0 Å². The third-order valence-corrected chi connectivity index (χ3v) is 5.16. The number of benzene rings is 2. The number of hydrogen-bond acceptors (Lipinski definition) is 5. The third-order valence-electron chi connectivity index (χ3n) is 4.91. The Morgan fingerprint density at radius 3 is 2.41 bits per heavy atom. The first-order valence-electron chi connectivity index (χ1n) is 10.6. The van der Waals surface area contributed by atoms with E-state index < -0.39 is 12.0 Å². The average molecular weight is 459 g/mol. The van der Waals surface area contributed by atoms with E-state index in [1.807, 2.05) is 32.0 Å². The summed E-state index contributed by atoms with van der Waals surface area (Å²) < 4.78 is 17.0. The van der Waals surface area contributed by atoms with E-state index in [0.29, 0.717) is 53.0 Å². The van der Waals surface area contributed by atoms with E-state index in [2.05, 4.69) is 10.6 Å². The van der Waals surface area contributed by atoms with E-state index in [1.165, 1.54) is 0 Å². The van der Waals surface area contributed by atoms with Gasteiger partial charge in [-0.1, -0.05) is 36.7 Å². The zero-order chi connectivity index (χ0) is 23.1. The highest BCUT2D eigenvalue weighted by atomic mass is 35.5. The summed E-state index contributed by atoms with van der Waals surface area (Å²) >= 11 is 5.94. The van der Waals surface area contributed by atoms with Crippen LogP contribution in [0.3, 0.4) is 0 Å². The summed E-state index contributed by atoms with van der Waals surface area (Å²) in [6.45, 7) is 6.50. The number of ether oxygens (including phenoxy) is 3. The number of esters is 1. The van der Waals surface area contributed by atoms with E-state index >= 15 is 0 Å². The number of carbonyl (C=O) groups excluding carboxylic acids is 2. The molecule has 0 spiro atoms. The van der Waals surface area contributed by atoms with E-state index in [9.17, 15) is 9.59 Å². The van der Waals surface area contributed by atoms with Gasteiger partial charge in [0.1, 0.15) is 6.61 Å². The first kappa shape index (κ1) is 23.5. The second kappa shape index (κ2) is 10.9. The topological polar surface area (TPSA) is 85.9 Å². The van der Waals surface area contributed by atoms with Crippen LogP contribution in [-0.4, -0.2) is 25.2 Å². The summed E-state index contributed by atoms with van der Waals surface area (Å²) in [4.78, 5) is 24.9. The quantitative estimate of drug-likeness (QED) is 0.522. The van der Waals surface area contributed by atoms with E-state index in [0.717, 1.165) is 5.56 Å². The summed E-state index contributed by atoms with van der Waals surface area (Å²) in [7, 11) is 0. The molecule has 0 radical (unpaired) electrons. The van der Waals surface area contributed by atoms with E-state index in [1.54, 1.807) is 31.2 Å². The minimum atomic E-state index is -0.665. The predicted octanol–water partition coefficient (Wildman–Crippen LogP) is 4.90. The molecule has 2 amide bonds. The summed E-state index contributed by atoms with van der Waals surface area (Å²) in [5.74, 6) is 0.610. The smallest absolute Gasteiger partial charge is 0.338 e. The van der Waals surface area contributed by atoms with Crippen LogP contribution in [-0.2, 0) is 16.1 Å². The molecular weight excluding hydrogens is 432 g/mol. The molecule has 8 heteroatoms. The Bertz CT molecular complexity index is 1000. The fraction of sp³-hybridized carbons (Fsp3) is 0.333. The number of amides is 2. The molecule has 1 aliphatic rings. The van der Waals surface area contributed by atoms with Gasteiger partial charge in [0, 0.05) is 10.7 Å². The second-order valence-corrected chi connectivity index (χ2v) is 7.49. The maximum Gasteiger partial charge on any atom is 0.338 e. The van der Waals surface area contributed by atoms with Crippen LogP contribution in [0.15, 0.2) is 53.7 Å². The Labute approximate surface area is 192 Å². The third kappa shape index (κ3) is 5.53. The largest absolute Gasteiger partial charge is 0.490 e. The minimum Gasteiger partial charge on any atom is -0.490 e. The number of halogens is 1. The van der Waals surface area contributed by atoms with Crippen molar-refractivity contribution in [2.45, 2.75) is 39.8 Å². The number of nitrogens with one attached hydrogen (secondary N) is 2. The molecule has 170 valence electrons. The summed E-state index contributed by atoms with van der Waals surface area (Å²) in [6, 6.07) is 11.7. The molecule has 2 aromatic carbocycles. The predicted molar refractivity (Wildman–Crippen MR) is 122 cm³/mol. The molecule has 0 fully saturated rings. The first-order valence-corrected chi connectivity index (χ1v) is 11.0. The normalized spacial score (nSPS) is 15.6. The molecule has 0 aliphatic carbocycles. The van der Waals surface area contributed by atoms with Gasteiger partial charge in [0.05, 0.1) is 24.8 Å². The van der Waals surface area contributed by atoms with Crippen LogP contribution >= 0.6 is 11.6 Å². The van der Waals surface area contributed by atoms with Crippen LogP contribution in [0.4, 0.5) is 4.79 Å². The molecule has 1 unspecified atom stereocenters. The van der Waals surface area contributed by atoms with Gasteiger partial charge in [0.25, 0.3) is 0 Å². The summed E-state index contributed by atoms with van der Waals surface area (Å²) in [5, 5.41) is 6.19. The SMILES string of the molecule is CCOC(=O)C1=C(CC)NC(=O)NC1c1ccc(OCc2ccc(Cl)cc2)c(OCC)c1. The van der Waals surface area contributed by atoms with Gasteiger partial charge in [-0.25, -0.2) is 9.59 Å². The molecule has 2 aromatic rings. The van der Waals surface area contributed by atoms with Crippen molar-refractivity contribution >= 4 is 23.6 Å². The van der Waals surface area contributed by atoms with Crippen LogP contribution < -0.4 is 20.1 Å². The maximum absolute atomic E-state index is 12.7. The van der Waals surface area contributed by atoms with Gasteiger partial charge < -0.3 is 24.8 Å². The van der Waals surface area contributed by atoms with Crippen molar-refractivity contribution in [3.05, 3.63) is 69.9 Å². The number of carbonyl (C=O) groups is 2. The van der Waals surface area contributed by atoms with Crippen LogP contribution in [0.1, 0.15) is 44.4 Å². The molecule has 3 rings (SSSR count). The zero-order valence-electron chi connectivity index (χ0n) is 18.4. The van der Waals surface area contributed by atoms with Crippen molar-refractivity contribution < 1.29 is 23.8 Å². The van der Waals surface area contributed by atoms with Crippen molar-refractivity contribution in [3.63, 3.8) is 0 Å². The molecule has 1 atom stereocenters. The number of urea groups is 1. The molecule has 7 nitrogen and oxygen atoms in total. The minimum absolute atomic E-state index is 0.238. The highest BCUT2D eigenvalue weighted by molar-refractivity contribution is 6.30. The van der Waals surface area contributed by atoms with Gasteiger partial charge in [0.2, 0.25) is 0 Å². The monoisotopic (exact) mass is 458 g/mol. The highest BCUT2D eigenvalue weighted by Gasteiger charge is 2.33. The fourth-order valence-corrected chi connectivity index (χ4v) is 3.56. The Morgan fingerprint density at radius 1 is 1.00 bits per heavy atom. The lowest BCUT2D eigenvalue weighted by atomic mass is 9.94. The Morgan fingerprint density at radius 2 is 1.75 bits per heavy atom. The van der Waals surface area contributed by atoms with Crippen LogP contribution in [0.2, 0.25) is 5.02 Å². The Balaban J connectivity index is 1.92. The number of hydrogen-bond donors (Lipinski definition) is 2. The molecule has 1 aliphatic heterocycles. The maximum atomic E-state index is 12.7. The highest BCUT2D eigenvalue weighted by Crippen LogP contribution is 2.35. The second-order valence-electron chi connectivity index (χ2n) is 7.05. The van der Waals surface area contributed by atoms with Gasteiger partial charge in [-0.2, -0.15) is 0 Å². The fourth-order valence-electron chi connectivity index (χ4n) is 3.43. The van der Waals surface area contributed by atoms with E-state index in [-0.39, 0.29) is 12.6 Å². The lowest BCUT2D eigenvalue weighted by molar-refractivity contribution is -0.139. The molecular formula is C24H27ClN2O5. The summed E-state index contributed by atoms with van der Waals surface area (Å²) in [6.07, 6.45) is 0.485. The van der Waals surface area contributed by atoms with Gasteiger partial charge in [-0.05, 0) is 55.7 Å². The van der Waals surface area contributed by atoms with Gasteiger partial charge in [-0.15, -0.1) is 0 Å². The molecule has 32 heavy (non-hydrogen) atoms. The van der Waals surface area contributed by atoms with Crippen molar-refractivity contribution in [1.82, 2.24) is 10.6 Å². The number of allylic oxidation sites excluding steroid dienone is 1. The van der Waals surface area contributed by atoms with Crippen LogP contribution in [0.5, 0.6) is 11.5 Å². The van der Waals surface area contributed by atoms with Crippen molar-refractivity contribution in [2.75, 3.05) is 13.2 Å². The zero-order valence-corrected chi connectivity index (χ0v) is 19.1. The first-order chi connectivity index (χ1) is 15.5. The van der Waals surface area contributed by atoms with Crippen LogP contribution in [0, 0.1) is 0 Å². The van der Waals surface area contributed by atoms with E-state index in [4.69, 9.17) is 25.8 Å². The molecule has 1 heterocycles. The molecule has 0 bridgehead atoms. The lowest BCUT2D eigenvalue weighted by Gasteiger charge is -2.29. The van der Waals surface area contributed by atoms with Crippen molar-refractivity contribution in [1.29, 1.82) is 0 Å². The Hall–Kier alpha value is -3.19. The van der Waals surface area contributed by atoms with Gasteiger partial charge in [0.15, 0.2) is 11.5 Å². The average Bonchev–Trinajstić information content (AvgIpc) is 2.79.